The van der Waals surface area contributed by atoms with Crippen LogP contribution in [0.5, 0.6) is 0 Å². The number of hydrogen-bond acceptors (Lipinski definition) is 4. The second kappa shape index (κ2) is 6.97. The molecule has 0 aliphatic heterocycles. The zero-order chi connectivity index (χ0) is 9.44. The van der Waals surface area contributed by atoms with Crippen LogP contribution < -0.4 is 5.73 Å². The minimum atomic E-state index is -1.19. The highest BCUT2D eigenvalue weighted by molar-refractivity contribution is 5.72. The van der Waals surface area contributed by atoms with Crippen LogP contribution in [-0.2, 0) is 9.59 Å². The number of aliphatic hydroxyl groups excluding tert-OH is 1. The van der Waals surface area contributed by atoms with E-state index in [1.807, 2.05) is 0 Å². The van der Waals surface area contributed by atoms with Crippen molar-refractivity contribution in [3.63, 3.8) is 0 Å². The average molecular weight is 165 g/mol. The van der Waals surface area contributed by atoms with Gasteiger partial charge < -0.3 is 21.1 Å². The van der Waals surface area contributed by atoms with E-state index >= 15 is 0 Å². The summed E-state index contributed by atoms with van der Waals surface area (Å²) < 4.78 is 0. The molecule has 0 bridgehead atoms. The fourth-order valence-corrected chi connectivity index (χ4v) is 0. The largest absolute Gasteiger partial charge is 0.480 e. The number of nitrogens with two attached hydrogens (primary N) is 1. The zero-order valence-electron chi connectivity index (χ0n) is 6.02. The topological polar surface area (TPSA) is 121 Å². The standard InChI is InChI=1S/C3H7NO2.C2H4O3/c1-2(4)3(5)6;3-1-2(4)5/h2H,4H2,1H3,(H,5,6);3H,1H2,(H,4,5)/t2-;/m1./s1. The SMILES string of the molecule is C[C@@H](N)C(=O)O.O=C(O)CO. The Hall–Kier alpha value is -1.14. The van der Waals surface area contributed by atoms with E-state index in [1.54, 1.807) is 0 Å². The Labute approximate surface area is 63.3 Å². The molecule has 0 amide bonds. The molecule has 0 unspecified atom stereocenters. The van der Waals surface area contributed by atoms with Gasteiger partial charge in [0.2, 0.25) is 0 Å². The van der Waals surface area contributed by atoms with Gasteiger partial charge in [-0.25, -0.2) is 4.79 Å². The van der Waals surface area contributed by atoms with Crippen molar-refractivity contribution < 1.29 is 24.9 Å². The van der Waals surface area contributed by atoms with Crippen LogP contribution in [-0.4, -0.2) is 39.9 Å². The predicted molar refractivity (Wildman–Crippen MR) is 36.0 cm³/mol. The maximum atomic E-state index is 9.57. The predicted octanol–water partition coefficient (Wildman–Crippen LogP) is -1.52. The van der Waals surface area contributed by atoms with Crippen LogP contribution in [0.2, 0.25) is 0 Å². The van der Waals surface area contributed by atoms with Crippen LogP contribution in [0.3, 0.4) is 0 Å². The molecule has 66 valence electrons. The lowest BCUT2D eigenvalue weighted by Gasteiger charge is -1.90. The number of hydrogen-bond donors (Lipinski definition) is 4. The van der Waals surface area contributed by atoms with Crippen molar-refractivity contribution >= 4 is 11.9 Å². The lowest BCUT2D eigenvalue weighted by atomic mass is 10.4. The molecule has 5 N–H and O–H groups in total. The molecule has 6 nitrogen and oxygen atoms in total. The molecular formula is C5H11NO5. The molecule has 11 heavy (non-hydrogen) atoms. The molecular weight excluding hydrogens is 154 g/mol. The Morgan fingerprint density at radius 2 is 1.64 bits per heavy atom. The minimum Gasteiger partial charge on any atom is -0.480 e. The van der Waals surface area contributed by atoms with Gasteiger partial charge in [0.05, 0.1) is 0 Å². The van der Waals surface area contributed by atoms with Gasteiger partial charge in [-0.05, 0) is 6.92 Å². The van der Waals surface area contributed by atoms with Crippen LogP contribution in [0.15, 0.2) is 0 Å². The van der Waals surface area contributed by atoms with Gasteiger partial charge in [0.1, 0.15) is 12.6 Å². The summed E-state index contributed by atoms with van der Waals surface area (Å²) in [5.41, 5.74) is 4.84. The van der Waals surface area contributed by atoms with Crippen molar-refractivity contribution in [2.75, 3.05) is 6.61 Å². The molecule has 0 radical (unpaired) electrons. The monoisotopic (exact) mass is 165 g/mol. The summed E-state index contributed by atoms with van der Waals surface area (Å²) >= 11 is 0. The lowest BCUT2D eigenvalue weighted by Crippen LogP contribution is -2.25. The molecule has 0 heterocycles. The highest BCUT2D eigenvalue weighted by Crippen LogP contribution is 1.68. The third-order valence-corrected chi connectivity index (χ3v) is 0.525. The summed E-state index contributed by atoms with van der Waals surface area (Å²) in [6, 6.07) is -0.731. The summed E-state index contributed by atoms with van der Waals surface area (Å²) in [6.07, 6.45) is 0. The van der Waals surface area contributed by atoms with Gasteiger partial charge in [-0.3, -0.25) is 4.79 Å². The number of carbonyl (C=O) groups is 2. The number of carboxylic acid groups (broad SMARTS) is 2. The van der Waals surface area contributed by atoms with Crippen LogP contribution >= 0.6 is 0 Å². The van der Waals surface area contributed by atoms with Crippen molar-refractivity contribution in [2.24, 2.45) is 5.73 Å². The Balaban J connectivity index is 0. The van der Waals surface area contributed by atoms with E-state index in [4.69, 9.17) is 25.8 Å². The fourth-order valence-electron chi connectivity index (χ4n) is 0. The Kier molecular flexibility index (Phi) is 7.94. The van der Waals surface area contributed by atoms with E-state index < -0.39 is 24.6 Å². The molecule has 0 aromatic carbocycles. The Bertz CT molecular complexity index is 133. The van der Waals surface area contributed by atoms with Gasteiger partial charge in [-0.1, -0.05) is 0 Å². The van der Waals surface area contributed by atoms with E-state index in [9.17, 15) is 4.79 Å². The molecule has 0 aromatic heterocycles. The Morgan fingerprint density at radius 3 is 1.64 bits per heavy atom. The summed E-state index contributed by atoms with van der Waals surface area (Å²) in [5, 5.41) is 22.9. The highest BCUT2D eigenvalue weighted by atomic mass is 16.4. The van der Waals surface area contributed by atoms with Gasteiger partial charge in [0, 0.05) is 0 Å². The van der Waals surface area contributed by atoms with Crippen LogP contribution in [0.4, 0.5) is 0 Å². The highest BCUT2D eigenvalue weighted by Gasteiger charge is 1.99. The molecule has 0 aliphatic carbocycles. The van der Waals surface area contributed by atoms with E-state index in [1.165, 1.54) is 6.92 Å². The maximum Gasteiger partial charge on any atom is 0.329 e. The quantitative estimate of drug-likeness (QED) is 0.394. The number of aliphatic carboxylic acids is 2. The van der Waals surface area contributed by atoms with Gasteiger partial charge in [0.15, 0.2) is 0 Å². The molecule has 1 atom stereocenters. The molecule has 0 fully saturated rings. The molecule has 0 spiro atoms. The van der Waals surface area contributed by atoms with E-state index in [0.717, 1.165) is 0 Å². The van der Waals surface area contributed by atoms with Crippen LogP contribution in [0, 0.1) is 0 Å². The van der Waals surface area contributed by atoms with Crippen molar-refractivity contribution in [1.29, 1.82) is 0 Å². The molecule has 0 aliphatic rings. The third kappa shape index (κ3) is 17.7. The minimum absolute atomic E-state index is 0.731. The molecule has 0 saturated carbocycles. The zero-order valence-corrected chi connectivity index (χ0v) is 6.02. The second-order valence-electron chi connectivity index (χ2n) is 1.68. The van der Waals surface area contributed by atoms with Gasteiger partial charge in [-0.2, -0.15) is 0 Å². The van der Waals surface area contributed by atoms with E-state index in [2.05, 4.69) is 0 Å². The number of aliphatic hydroxyl groups is 1. The molecule has 0 rings (SSSR count). The summed E-state index contributed by atoms with van der Waals surface area (Å²) in [5.74, 6) is -2.15. The summed E-state index contributed by atoms with van der Waals surface area (Å²) in [6.45, 7) is 0.641. The third-order valence-electron chi connectivity index (χ3n) is 0.525. The first-order chi connectivity index (χ1) is 4.91. The summed E-state index contributed by atoms with van der Waals surface area (Å²) in [4.78, 5) is 18.7. The van der Waals surface area contributed by atoms with Gasteiger partial charge >= 0.3 is 11.9 Å². The van der Waals surface area contributed by atoms with Crippen LogP contribution in [0.1, 0.15) is 6.92 Å². The molecule has 6 heteroatoms. The van der Waals surface area contributed by atoms with E-state index in [-0.39, 0.29) is 0 Å². The van der Waals surface area contributed by atoms with Crippen molar-refractivity contribution in [3.05, 3.63) is 0 Å². The average Bonchev–Trinajstić information content (AvgIpc) is 1.89. The molecule has 0 aromatic rings. The van der Waals surface area contributed by atoms with Crippen molar-refractivity contribution in [3.8, 4) is 0 Å². The van der Waals surface area contributed by atoms with Crippen molar-refractivity contribution in [2.45, 2.75) is 13.0 Å². The first-order valence-electron chi connectivity index (χ1n) is 2.72. The van der Waals surface area contributed by atoms with Gasteiger partial charge in [-0.15, -0.1) is 0 Å². The second-order valence-corrected chi connectivity index (χ2v) is 1.68. The first-order valence-corrected chi connectivity index (χ1v) is 2.72. The first kappa shape index (κ1) is 12.5. The van der Waals surface area contributed by atoms with Gasteiger partial charge in [0.25, 0.3) is 0 Å². The molecule has 0 saturated heterocycles. The Morgan fingerprint density at radius 1 is 1.45 bits per heavy atom. The normalized spacial score (nSPS) is 10.8. The number of rotatable bonds is 2. The number of carboxylic acids is 2. The van der Waals surface area contributed by atoms with Crippen molar-refractivity contribution in [1.82, 2.24) is 0 Å². The van der Waals surface area contributed by atoms with Crippen LogP contribution in [0.25, 0.3) is 0 Å². The summed E-state index contributed by atoms with van der Waals surface area (Å²) in [7, 11) is 0. The smallest absolute Gasteiger partial charge is 0.329 e. The van der Waals surface area contributed by atoms with E-state index in [0.29, 0.717) is 0 Å². The lowest BCUT2D eigenvalue weighted by molar-refractivity contribution is -0.140. The fraction of sp³-hybridized carbons (Fsp3) is 0.600. The maximum absolute atomic E-state index is 9.57.